The summed E-state index contributed by atoms with van der Waals surface area (Å²) >= 11 is 4.83. The number of thioether (sulfide) groups is 1. The van der Waals surface area contributed by atoms with E-state index >= 15 is 0 Å². The predicted molar refractivity (Wildman–Crippen MR) is 95.7 cm³/mol. The molecule has 0 aliphatic rings. The Bertz CT molecular complexity index is 702. The summed E-state index contributed by atoms with van der Waals surface area (Å²) in [7, 11) is 0. The molecule has 0 saturated heterocycles. The van der Waals surface area contributed by atoms with Crippen LogP contribution in [0, 0.1) is 6.92 Å². The van der Waals surface area contributed by atoms with Crippen molar-refractivity contribution in [3.8, 4) is 0 Å². The second-order valence-corrected chi connectivity index (χ2v) is 7.30. The third kappa shape index (κ3) is 6.01. The Hall–Kier alpha value is -1.80. The number of carbonyl (C=O) groups excluding carboxylic acids is 2. The lowest BCUT2D eigenvalue weighted by Gasteiger charge is -2.11. The van der Waals surface area contributed by atoms with Crippen LogP contribution in [0.2, 0.25) is 0 Å². The molecule has 2 aromatic rings. The predicted octanol–water partition coefficient (Wildman–Crippen LogP) is 3.55. The number of halogens is 1. The van der Waals surface area contributed by atoms with Crippen LogP contribution in [-0.2, 0) is 20.1 Å². The van der Waals surface area contributed by atoms with Crippen molar-refractivity contribution in [2.24, 2.45) is 0 Å². The molecule has 0 aliphatic heterocycles. The monoisotopic (exact) mass is 412 g/mol. The number of hydrogen-bond donors (Lipinski definition) is 1. The van der Waals surface area contributed by atoms with Crippen molar-refractivity contribution in [2.45, 2.75) is 24.9 Å². The zero-order valence-corrected chi connectivity index (χ0v) is 15.6. The van der Waals surface area contributed by atoms with Crippen LogP contribution in [0.4, 0.5) is 5.82 Å². The number of rotatable bonds is 7. The fraction of sp³-hybridized carbons (Fsp3) is 0.312. The number of ether oxygens (including phenoxy) is 1. The van der Waals surface area contributed by atoms with Gasteiger partial charge in [0.2, 0.25) is 0 Å². The Morgan fingerprint density at radius 3 is 2.71 bits per heavy atom. The molecule has 1 aromatic heterocycles. The largest absolute Gasteiger partial charge is 0.455 e. The van der Waals surface area contributed by atoms with Crippen LogP contribution in [0.25, 0.3) is 0 Å². The summed E-state index contributed by atoms with van der Waals surface area (Å²) in [5.74, 6) is 0.686. The molecular weight excluding hydrogens is 396 g/mol. The van der Waals surface area contributed by atoms with Crippen LogP contribution in [0.3, 0.4) is 0 Å². The van der Waals surface area contributed by atoms with E-state index in [1.165, 1.54) is 11.8 Å². The highest BCUT2D eigenvalue weighted by molar-refractivity contribution is 9.10. The summed E-state index contributed by atoms with van der Waals surface area (Å²) in [6, 6.07) is 9.46. The molecule has 1 aromatic carbocycles. The molecule has 128 valence electrons. The SMILES string of the molecule is Cc1cc(NC(=O)COC(=O)[C@H](C)SCc2ccc(Br)cc2)no1. The summed E-state index contributed by atoms with van der Waals surface area (Å²) in [5, 5.41) is 5.76. The zero-order valence-electron chi connectivity index (χ0n) is 13.2. The number of aryl methyl sites for hydroxylation is 1. The van der Waals surface area contributed by atoms with Crippen LogP contribution in [0.15, 0.2) is 39.3 Å². The number of hydrogen-bond acceptors (Lipinski definition) is 6. The van der Waals surface area contributed by atoms with Crippen LogP contribution >= 0.6 is 27.7 Å². The van der Waals surface area contributed by atoms with E-state index in [4.69, 9.17) is 9.26 Å². The van der Waals surface area contributed by atoms with Crippen LogP contribution in [0.5, 0.6) is 0 Å². The van der Waals surface area contributed by atoms with E-state index in [9.17, 15) is 9.59 Å². The summed E-state index contributed by atoms with van der Waals surface area (Å²) in [5.41, 5.74) is 1.11. The lowest BCUT2D eigenvalue weighted by atomic mass is 10.2. The highest BCUT2D eigenvalue weighted by Crippen LogP contribution is 2.20. The molecule has 0 spiro atoms. The molecule has 8 heteroatoms. The van der Waals surface area contributed by atoms with Crippen molar-refractivity contribution < 1.29 is 18.8 Å². The average molecular weight is 413 g/mol. The van der Waals surface area contributed by atoms with Crippen LogP contribution in [0.1, 0.15) is 18.2 Å². The van der Waals surface area contributed by atoms with Crippen molar-refractivity contribution in [1.82, 2.24) is 5.16 Å². The molecule has 1 heterocycles. The van der Waals surface area contributed by atoms with Crippen molar-refractivity contribution in [3.63, 3.8) is 0 Å². The quantitative estimate of drug-likeness (QED) is 0.700. The first-order valence-electron chi connectivity index (χ1n) is 7.20. The van der Waals surface area contributed by atoms with Crippen molar-refractivity contribution in [2.75, 3.05) is 11.9 Å². The van der Waals surface area contributed by atoms with E-state index in [1.807, 2.05) is 24.3 Å². The van der Waals surface area contributed by atoms with Gasteiger partial charge in [-0.3, -0.25) is 9.59 Å². The standard InChI is InChI=1S/C16H17BrN2O4S/c1-10-7-14(19-23-10)18-15(20)8-22-16(21)11(2)24-9-12-3-5-13(17)6-4-12/h3-7,11H,8-9H2,1-2H3,(H,18,19,20)/t11-/m0/s1. The van der Waals surface area contributed by atoms with Crippen molar-refractivity contribution >= 4 is 45.4 Å². The fourth-order valence-electron chi connectivity index (χ4n) is 1.73. The maximum atomic E-state index is 11.9. The van der Waals surface area contributed by atoms with Crippen LogP contribution < -0.4 is 5.32 Å². The number of nitrogens with one attached hydrogen (secondary N) is 1. The first-order valence-corrected chi connectivity index (χ1v) is 9.04. The van der Waals surface area contributed by atoms with Gasteiger partial charge in [-0.2, -0.15) is 0 Å². The minimum Gasteiger partial charge on any atom is -0.455 e. The summed E-state index contributed by atoms with van der Waals surface area (Å²) in [4.78, 5) is 23.6. The van der Waals surface area contributed by atoms with Gasteiger partial charge in [-0.1, -0.05) is 33.2 Å². The van der Waals surface area contributed by atoms with Gasteiger partial charge in [0.1, 0.15) is 5.76 Å². The molecular formula is C16H17BrN2O4S. The Balaban J connectivity index is 1.71. The smallest absolute Gasteiger partial charge is 0.319 e. The maximum absolute atomic E-state index is 11.9. The topological polar surface area (TPSA) is 81.4 Å². The minimum absolute atomic E-state index is 0.297. The van der Waals surface area contributed by atoms with Gasteiger partial charge < -0.3 is 14.6 Å². The molecule has 6 nitrogen and oxygen atoms in total. The molecule has 0 unspecified atom stereocenters. The third-order valence-electron chi connectivity index (χ3n) is 2.99. The minimum atomic E-state index is -0.457. The molecule has 1 amide bonds. The maximum Gasteiger partial charge on any atom is 0.319 e. The molecule has 24 heavy (non-hydrogen) atoms. The number of nitrogens with zero attached hydrogens (tertiary/aromatic N) is 1. The second-order valence-electron chi connectivity index (χ2n) is 5.06. The first-order chi connectivity index (χ1) is 11.4. The van der Waals surface area contributed by atoms with Gasteiger partial charge >= 0.3 is 5.97 Å². The number of aromatic nitrogens is 1. The average Bonchev–Trinajstić information content (AvgIpc) is 2.96. The lowest BCUT2D eigenvalue weighted by molar-refractivity contribution is -0.146. The molecule has 1 atom stereocenters. The lowest BCUT2D eigenvalue weighted by Crippen LogP contribution is -2.25. The van der Waals surface area contributed by atoms with Gasteiger partial charge in [0.05, 0.1) is 5.25 Å². The van der Waals surface area contributed by atoms with Gasteiger partial charge in [-0.15, -0.1) is 11.8 Å². The fourth-order valence-corrected chi connectivity index (χ4v) is 2.83. The number of amides is 1. The number of esters is 1. The Kier molecular flexibility index (Phi) is 6.86. The van der Waals surface area contributed by atoms with Crippen molar-refractivity contribution in [3.05, 3.63) is 46.1 Å². The van der Waals surface area contributed by atoms with Gasteiger partial charge in [0.25, 0.3) is 5.91 Å². The zero-order chi connectivity index (χ0) is 17.5. The van der Waals surface area contributed by atoms with Crippen molar-refractivity contribution in [1.29, 1.82) is 0 Å². The molecule has 0 saturated carbocycles. The number of anilines is 1. The first kappa shape index (κ1) is 18.5. The van der Waals surface area contributed by atoms with E-state index in [2.05, 4.69) is 26.4 Å². The normalized spacial score (nSPS) is 11.8. The second kappa shape index (κ2) is 8.89. The van der Waals surface area contributed by atoms with Gasteiger partial charge in [0, 0.05) is 16.3 Å². The molecule has 0 fully saturated rings. The summed E-state index contributed by atoms with van der Waals surface area (Å²) < 4.78 is 10.9. The number of benzene rings is 1. The molecule has 0 radical (unpaired) electrons. The summed E-state index contributed by atoms with van der Waals surface area (Å²) in [6.07, 6.45) is 0. The molecule has 1 N–H and O–H groups in total. The van der Waals surface area contributed by atoms with Gasteiger partial charge in [0.15, 0.2) is 12.4 Å². The third-order valence-corrected chi connectivity index (χ3v) is 4.71. The molecule has 0 aliphatic carbocycles. The highest BCUT2D eigenvalue weighted by Gasteiger charge is 2.17. The highest BCUT2D eigenvalue weighted by atomic mass is 79.9. The Morgan fingerprint density at radius 1 is 1.38 bits per heavy atom. The number of carbonyl (C=O) groups is 2. The summed E-state index contributed by atoms with van der Waals surface area (Å²) in [6.45, 7) is 3.12. The van der Waals surface area contributed by atoms with Gasteiger partial charge in [-0.05, 0) is 31.5 Å². The van der Waals surface area contributed by atoms with E-state index in [-0.39, 0.29) is 11.9 Å². The van der Waals surface area contributed by atoms with E-state index in [0.29, 0.717) is 17.3 Å². The van der Waals surface area contributed by atoms with Crippen LogP contribution in [-0.4, -0.2) is 28.9 Å². The Morgan fingerprint density at radius 2 is 2.08 bits per heavy atom. The Labute approximate surface area is 152 Å². The van der Waals surface area contributed by atoms with Gasteiger partial charge in [-0.25, -0.2) is 0 Å². The van der Waals surface area contributed by atoms with E-state index in [0.717, 1.165) is 10.0 Å². The van der Waals surface area contributed by atoms with E-state index < -0.39 is 11.9 Å². The molecule has 2 rings (SSSR count). The van der Waals surface area contributed by atoms with E-state index in [1.54, 1.807) is 19.9 Å². The molecule has 0 bridgehead atoms.